The number of aliphatic hydroxyl groups excluding tert-OH is 1. The number of rotatable bonds is 1. The number of hydrogen-bond acceptors (Lipinski definition) is 1. The number of aliphatic hydroxyl groups is 1. The van der Waals surface area contributed by atoms with Crippen molar-refractivity contribution in [3.63, 3.8) is 0 Å². The lowest BCUT2D eigenvalue weighted by atomic mass is 10.1. The molecule has 0 aromatic heterocycles. The van der Waals surface area contributed by atoms with Gasteiger partial charge in [0.2, 0.25) is 0 Å². The van der Waals surface area contributed by atoms with Crippen LogP contribution < -0.4 is 0 Å². The van der Waals surface area contributed by atoms with Crippen LogP contribution in [0.4, 0.5) is 0 Å². The molecule has 0 bridgehead atoms. The van der Waals surface area contributed by atoms with E-state index >= 15 is 0 Å². The van der Waals surface area contributed by atoms with E-state index in [0.717, 1.165) is 5.56 Å². The zero-order valence-electron chi connectivity index (χ0n) is 11.4. The van der Waals surface area contributed by atoms with Crippen LogP contribution in [0.3, 0.4) is 0 Å². The lowest BCUT2D eigenvalue weighted by Crippen LogP contribution is -2.35. The highest BCUT2D eigenvalue weighted by Gasteiger charge is 2.33. The Morgan fingerprint density at radius 3 is 2.12 bits per heavy atom. The van der Waals surface area contributed by atoms with Gasteiger partial charge in [-0.25, -0.2) is 0 Å². The smallest absolute Gasteiger partial charge is 0.139 e. The Hall–Kier alpha value is -1.04. The van der Waals surface area contributed by atoms with Crippen molar-refractivity contribution in [2.75, 3.05) is 0 Å². The van der Waals surface area contributed by atoms with Gasteiger partial charge >= 0.3 is 0 Å². The van der Waals surface area contributed by atoms with Crippen molar-refractivity contribution in [3.05, 3.63) is 35.9 Å². The Morgan fingerprint density at radius 1 is 1.12 bits per heavy atom. The van der Waals surface area contributed by atoms with Crippen molar-refractivity contribution >= 4 is 8.07 Å². The van der Waals surface area contributed by atoms with E-state index in [0.29, 0.717) is 0 Å². The Morgan fingerprint density at radius 2 is 1.65 bits per heavy atom. The molecule has 1 aromatic carbocycles. The first-order chi connectivity index (χ1) is 7.74. The summed E-state index contributed by atoms with van der Waals surface area (Å²) in [5.41, 5.74) is 4.21. The zero-order chi connectivity index (χ0) is 13.1. The average molecular weight is 246 g/mol. The molecule has 1 nitrogen and oxygen atoms in total. The van der Waals surface area contributed by atoms with E-state index in [2.05, 4.69) is 45.3 Å². The maximum absolute atomic E-state index is 10.00. The number of hydrogen-bond donors (Lipinski definition) is 1. The largest absolute Gasteiger partial charge is 0.376 e. The molecule has 0 heterocycles. The van der Waals surface area contributed by atoms with E-state index in [1.165, 1.54) is 0 Å². The standard InChI is InChI=1S/C15H22OSi/c1-15(2,3)17(4,5)12-11-14(16)13-9-7-6-8-10-13/h6-10,14,16H,1-5H3/t14-/m1/s1. The molecule has 0 saturated carbocycles. The zero-order valence-corrected chi connectivity index (χ0v) is 12.4. The molecule has 0 aliphatic heterocycles. The molecule has 0 spiro atoms. The average Bonchev–Trinajstić information content (AvgIpc) is 2.25. The summed E-state index contributed by atoms with van der Waals surface area (Å²) in [5, 5.41) is 10.2. The first-order valence-electron chi connectivity index (χ1n) is 6.00. The minimum atomic E-state index is -1.62. The monoisotopic (exact) mass is 246 g/mol. The predicted octanol–water partition coefficient (Wildman–Crippen LogP) is 3.77. The van der Waals surface area contributed by atoms with Gasteiger partial charge in [-0.1, -0.05) is 70.1 Å². The van der Waals surface area contributed by atoms with Crippen molar-refractivity contribution in [1.29, 1.82) is 0 Å². The van der Waals surface area contributed by atoms with Crippen LogP contribution in [-0.4, -0.2) is 13.2 Å². The first-order valence-corrected chi connectivity index (χ1v) is 9.00. The summed E-state index contributed by atoms with van der Waals surface area (Å²) in [6.07, 6.45) is -0.662. The topological polar surface area (TPSA) is 20.2 Å². The third-order valence-electron chi connectivity index (χ3n) is 3.51. The molecule has 0 amide bonds. The third-order valence-corrected chi connectivity index (χ3v) is 8.03. The molecule has 92 valence electrons. The van der Waals surface area contributed by atoms with Crippen LogP contribution in [0.25, 0.3) is 0 Å². The maximum atomic E-state index is 10.00. The summed E-state index contributed by atoms with van der Waals surface area (Å²) in [6.45, 7) is 11.2. The molecule has 0 aliphatic rings. The van der Waals surface area contributed by atoms with Crippen molar-refractivity contribution in [3.8, 4) is 11.5 Å². The highest BCUT2D eigenvalue weighted by molar-refractivity contribution is 6.87. The minimum absolute atomic E-state index is 0.233. The second kappa shape index (κ2) is 5.08. The van der Waals surface area contributed by atoms with Gasteiger partial charge in [-0.15, -0.1) is 5.54 Å². The van der Waals surface area contributed by atoms with Crippen LogP contribution in [-0.2, 0) is 0 Å². The summed E-state index contributed by atoms with van der Waals surface area (Å²) in [7, 11) is -1.62. The molecule has 1 atom stereocenters. The molecule has 0 saturated heterocycles. The highest BCUT2D eigenvalue weighted by Crippen LogP contribution is 2.35. The number of benzene rings is 1. The normalized spacial score (nSPS) is 13.8. The molecule has 1 aromatic rings. The van der Waals surface area contributed by atoms with Gasteiger partial charge in [0.05, 0.1) is 0 Å². The van der Waals surface area contributed by atoms with Crippen molar-refractivity contribution in [2.45, 2.75) is 45.0 Å². The summed E-state index contributed by atoms with van der Waals surface area (Å²) in [6, 6.07) is 9.60. The van der Waals surface area contributed by atoms with E-state index in [9.17, 15) is 5.11 Å². The predicted molar refractivity (Wildman–Crippen MR) is 76.4 cm³/mol. The molecule has 0 radical (unpaired) electrons. The van der Waals surface area contributed by atoms with Gasteiger partial charge in [0.1, 0.15) is 14.2 Å². The van der Waals surface area contributed by atoms with Crippen molar-refractivity contribution in [1.82, 2.24) is 0 Å². The lowest BCUT2D eigenvalue weighted by Gasteiger charge is -2.31. The third kappa shape index (κ3) is 3.73. The van der Waals surface area contributed by atoms with Crippen LogP contribution in [0.1, 0.15) is 32.4 Å². The Kier molecular flexibility index (Phi) is 4.19. The molecule has 0 fully saturated rings. The van der Waals surface area contributed by atoms with Gasteiger partial charge in [-0.2, -0.15) is 0 Å². The second-order valence-corrected chi connectivity index (χ2v) is 11.0. The van der Waals surface area contributed by atoms with E-state index in [-0.39, 0.29) is 5.04 Å². The van der Waals surface area contributed by atoms with E-state index < -0.39 is 14.2 Å². The molecule has 1 rings (SSSR count). The molecule has 2 heteroatoms. The SMILES string of the molecule is CC(C)(C)[Si](C)(C)C#C[C@@H](O)c1ccccc1. The molecule has 0 unspecified atom stereocenters. The maximum Gasteiger partial charge on any atom is 0.139 e. The Labute approximate surface area is 106 Å². The molecular weight excluding hydrogens is 224 g/mol. The second-order valence-electron chi connectivity index (χ2n) is 5.96. The van der Waals surface area contributed by atoms with Gasteiger partial charge < -0.3 is 5.11 Å². The molecule has 0 aliphatic carbocycles. The van der Waals surface area contributed by atoms with Gasteiger partial charge in [0.25, 0.3) is 0 Å². The Bertz CT molecular complexity index is 418. The fraction of sp³-hybridized carbons (Fsp3) is 0.467. The fourth-order valence-electron chi connectivity index (χ4n) is 1.15. The van der Waals surface area contributed by atoms with Crippen LogP contribution in [0.15, 0.2) is 30.3 Å². The minimum Gasteiger partial charge on any atom is -0.376 e. The van der Waals surface area contributed by atoms with Gasteiger partial charge in [-0.3, -0.25) is 0 Å². The molecule has 1 N–H and O–H groups in total. The van der Waals surface area contributed by atoms with Crippen LogP contribution in [0.5, 0.6) is 0 Å². The summed E-state index contributed by atoms with van der Waals surface area (Å²) in [5.74, 6) is 3.01. The van der Waals surface area contributed by atoms with E-state index in [1.807, 2.05) is 30.3 Å². The van der Waals surface area contributed by atoms with E-state index in [1.54, 1.807) is 0 Å². The van der Waals surface area contributed by atoms with Crippen LogP contribution in [0, 0.1) is 11.5 Å². The van der Waals surface area contributed by atoms with Gasteiger partial charge in [-0.05, 0) is 10.6 Å². The fourth-order valence-corrected chi connectivity index (χ4v) is 2.03. The highest BCUT2D eigenvalue weighted by atomic mass is 28.3. The molecule has 17 heavy (non-hydrogen) atoms. The summed E-state index contributed by atoms with van der Waals surface area (Å²) < 4.78 is 0. The lowest BCUT2D eigenvalue weighted by molar-refractivity contribution is 0.238. The van der Waals surface area contributed by atoms with Crippen LogP contribution in [0.2, 0.25) is 18.1 Å². The van der Waals surface area contributed by atoms with Crippen molar-refractivity contribution < 1.29 is 5.11 Å². The van der Waals surface area contributed by atoms with Gasteiger partial charge in [0, 0.05) is 0 Å². The quantitative estimate of drug-likeness (QED) is 0.591. The van der Waals surface area contributed by atoms with Gasteiger partial charge in [0.15, 0.2) is 0 Å². The molecular formula is C15H22OSi. The summed E-state index contributed by atoms with van der Waals surface area (Å²) >= 11 is 0. The Balaban J connectivity index is 2.87. The van der Waals surface area contributed by atoms with E-state index in [4.69, 9.17) is 0 Å². The van der Waals surface area contributed by atoms with Crippen molar-refractivity contribution in [2.24, 2.45) is 0 Å². The summed E-state index contributed by atoms with van der Waals surface area (Å²) in [4.78, 5) is 0. The first kappa shape index (κ1) is 14.0. The van der Waals surface area contributed by atoms with Crippen LogP contribution >= 0.6 is 0 Å².